The molecular weight excluding hydrogens is 408 g/mol. The highest BCUT2D eigenvalue weighted by Gasteiger charge is 2.72. The highest BCUT2D eigenvalue weighted by atomic mass is 16.4. The number of aliphatic carboxylic acids is 1. The fourth-order valence-corrected chi connectivity index (χ4v) is 11.3. The van der Waals surface area contributed by atoms with Gasteiger partial charge in [-0.1, -0.05) is 46.8 Å². The smallest absolute Gasteiger partial charge is 0.309 e. The van der Waals surface area contributed by atoms with E-state index in [-0.39, 0.29) is 27.6 Å². The van der Waals surface area contributed by atoms with E-state index in [9.17, 15) is 14.7 Å². The highest BCUT2D eigenvalue weighted by Crippen LogP contribution is 2.77. The van der Waals surface area contributed by atoms with E-state index in [1.54, 1.807) is 0 Å². The number of hydrogen-bond donors (Lipinski definition) is 1. The van der Waals surface area contributed by atoms with E-state index in [4.69, 9.17) is 0 Å². The van der Waals surface area contributed by atoms with Crippen LogP contribution in [0.5, 0.6) is 0 Å². The van der Waals surface area contributed by atoms with Crippen LogP contribution in [0.25, 0.3) is 0 Å². The van der Waals surface area contributed by atoms with Crippen LogP contribution in [0.4, 0.5) is 0 Å². The Hall–Kier alpha value is -1.12. The first kappa shape index (κ1) is 23.6. The zero-order chi connectivity index (χ0) is 24.2. The van der Waals surface area contributed by atoms with Gasteiger partial charge in [0.2, 0.25) is 0 Å². The number of fused-ring (bicyclic) bond motifs is 7. The predicted molar refractivity (Wildman–Crippen MR) is 132 cm³/mol. The first-order valence-corrected chi connectivity index (χ1v) is 13.7. The largest absolute Gasteiger partial charge is 0.481 e. The molecular formula is C30H46O3. The molecule has 1 N–H and O–H groups in total. The van der Waals surface area contributed by atoms with Crippen molar-refractivity contribution in [2.45, 2.75) is 106 Å². The Labute approximate surface area is 201 Å². The molecule has 0 bridgehead atoms. The molecule has 0 spiro atoms. The third-order valence-electron chi connectivity index (χ3n) is 13.2. The van der Waals surface area contributed by atoms with E-state index < -0.39 is 11.4 Å². The summed E-state index contributed by atoms with van der Waals surface area (Å²) in [7, 11) is 0. The zero-order valence-corrected chi connectivity index (χ0v) is 21.9. The maximum Gasteiger partial charge on any atom is 0.309 e. The quantitative estimate of drug-likeness (QED) is 0.445. The SMILES string of the molecule is C=C(C)[C@@H]1CCC2(C(=O)O)CC[C@]3(C)C(CCC4C3(C)CCC3C(C)(C)C(=O)CC[C@@]34C)C12. The molecule has 3 heteroatoms. The number of ketones is 1. The number of carboxylic acid groups (broad SMARTS) is 1. The topological polar surface area (TPSA) is 54.4 Å². The third kappa shape index (κ3) is 2.69. The second-order valence-electron chi connectivity index (χ2n) is 14.3. The number of rotatable bonds is 2. The molecule has 0 aromatic carbocycles. The molecule has 0 amide bonds. The van der Waals surface area contributed by atoms with E-state index in [1.165, 1.54) is 18.4 Å². The molecule has 5 aliphatic rings. The number of hydrogen-bond acceptors (Lipinski definition) is 2. The summed E-state index contributed by atoms with van der Waals surface area (Å²) in [5.41, 5.74) is 1.03. The maximum absolute atomic E-state index is 12.9. The van der Waals surface area contributed by atoms with Crippen LogP contribution in [0, 0.1) is 56.7 Å². The Morgan fingerprint density at radius 3 is 2.21 bits per heavy atom. The lowest BCUT2D eigenvalue weighted by molar-refractivity contribution is -0.235. The van der Waals surface area contributed by atoms with Crippen molar-refractivity contribution < 1.29 is 14.7 Å². The lowest BCUT2D eigenvalue weighted by atomic mass is 9.32. The molecule has 0 saturated heterocycles. The van der Waals surface area contributed by atoms with Gasteiger partial charge in [-0.05, 0) is 111 Å². The van der Waals surface area contributed by atoms with E-state index in [0.29, 0.717) is 29.5 Å². The van der Waals surface area contributed by atoms with Crippen molar-refractivity contribution in [3.63, 3.8) is 0 Å². The minimum absolute atomic E-state index is 0.164. The fraction of sp³-hybridized carbons (Fsp3) is 0.867. The van der Waals surface area contributed by atoms with Crippen molar-refractivity contribution in [1.29, 1.82) is 0 Å². The van der Waals surface area contributed by atoms with Crippen molar-refractivity contribution in [1.82, 2.24) is 0 Å². The second-order valence-corrected chi connectivity index (χ2v) is 14.3. The first-order valence-electron chi connectivity index (χ1n) is 13.7. The van der Waals surface area contributed by atoms with Gasteiger partial charge in [-0.15, -0.1) is 0 Å². The predicted octanol–water partition coefficient (Wildman–Crippen LogP) is 7.30. The number of carboxylic acids is 1. The van der Waals surface area contributed by atoms with E-state index in [1.807, 2.05) is 0 Å². The van der Waals surface area contributed by atoms with Gasteiger partial charge in [0.05, 0.1) is 5.41 Å². The molecule has 0 aliphatic heterocycles. The summed E-state index contributed by atoms with van der Waals surface area (Å²) in [5.74, 6) is 2.07. The molecule has 5 aliphatic carbocycles. The molecule has 184 valence electrons. The molecule has 9 atom stereocenters. The minimum Gasteiger partial charge on any atom is -0.481 e. The van der Waals surface area contributed by atoms with Crippen LogP contribution in [0.3, 0.4) is 0 Å². The highest BCUT2D eigenvalue weighted by molar-refractivity contribution is 5.85. The molecule has 0 aromatic rings. The third-order valence-corrected chi connectivity index (χ3v) is 13.2. The first-order chi connectivity index (χ1) is 15.3. The number of carbonyl (C=O) groups is 2. The Balaban J connectivity index is 1.57. The molecule has 3 nitrogen and oxygen atoms in total. The number of carbonyl (C=O) groups excluding carboxylic acids is 1. The fourth-order valence-electron chi connectivity index (χ4n) is 11.3. The molecule has 0 heterocycles. The van der Waals surface area contributed by atoms with E-state index >= 15 is 0 Å². The van der Waals surface area contributed by atoms with Gasteiger partial charge in [-0.25, -0.2) is 0 Å². The molecule has 0 aromatic heterocycles. The van der Waals surface area contributed by atoms with Crippen LogP contribution < -0.4 is 0 Å². The number of Topliss-reactive ketones (excluding diaryl/α,β-unsaturated/α-hetero) is 1. The van der Waals surface area contributed by atoms with Gasteiger partial charge >= 0.3 is 5.97 Å². The van der Waals surface area contributed by atoms with Gasteiger partial charge in [0.1, 0.15) is 5.78 Å². The van der Waals surface area contributed by atoms with Crippen LogP contribution in [0.15, 0.2) is 12.2 Å². The van der Waals surface area contributed by atoms with Gasteiger partial charge in [-0.3, -0.25) is 9.59 Å². The normalized spacial score (nSPS) is 52.8. The lowest BCUT2D eigenvalue weighted by Crippen LogP contribution is -2.66. The average Bonchev–Trinajstić information content (AvgIpc) is 3.13. The summed E-state index contributed by atoms with van der Waals surface area (Å²) < 4.78 is 0. The van der Waals surface area contributed by atoms with Gasteiger partial charge in [-0.2, -0.15) is 0 Å². The summed E-state index contributed by atoms with van der Waals surface area (Å²) in [6.45, 7) is 18.5. The maximum atomic E-state index is 12.9. The van der Waals surface area contributed by atoms with Crippen molar-refractivity contribution in [3.8, 4) is 0 Å². The molecule has 33 heavy (non-hydrogen) atoms. The standard InChI is InChI=1S/C30H46O3/c1-18(2)19-10-15-30(25(32)33)17-16-28(6)20(24(19)30)8-9-22-27(5)13-12-23(31)26(3,4)21(27)11-14-29(22,28)7/h19-22,24H,1,8-17H2,2-7H3,(H,32,33)/t19-,20?,21?,22?,24?,27-,28+,29?,30?/m0/s1. The summed E-state index contributed by atoms with van der Waals surface area (Å²) in [4.78, 5) is 25.7. The molecule has 5 fully saturated rings. The Kier molecular flexibility index (Phi) is 4.99. The van der Waals surface area contributed by atoms with Gasteiger partial charge < -0.3 is 5.11 Å². The summed E-state index contributed by atoms with van der Waals surface area (Å²) in [6.07, 6.45) is 10.1. The monoisotopic (exact) mass is 454 g/mol. The summed E-state index contributed by atoms with van der Waals surface area (Å²) >= 11 is 0. The van der Waals surface area contributed by atoms with Crippen molar-refractivity contribution in [2.24, 2.45) is 56.7 Å². The van der Waals surface area contributed by atoms with Crippen LogP contribution in [-0.2, 0) is 9.59 Å². The van der Waals surface area contributed by atoms with Crippen LogP contribution in [0.2, 0.25) is 0 Å². The van der Waals surface area contributed by atoms with Crippen molar-refractivity contribution in [3.05, 3.63) is 12.2 Å². The Bertz CT molecular complexity index is 902. The van der Waals surface area contributed by atoms with Gasteiger partial charge in [0.25, 0.3) is 0 Å². The van der Waals surface area contributed by atoms with Crippen LogP contribution in [0.1, 0.15) is 106 Å². The Morgan fingerprint density at radius 2 is 1.58 bits per heavy atom. The number of allylic oxidation sites excluding steroid dienone is 1. The van der Waals surface area contributed by atoms with E-state index in [2.05, 4.69) is 48.1 Å². The van der Waals surface area contributed by atoms with E-state index in [0.717, 1.165) is 51.4 Å². The molecule has 0 radical (unpaired) electrons. The van der Waals surface area contributed by atoms with Gasteiger partial charge in [0.15, 0.2) is 0 Å². The lowest BCUT2D eigenvalue weighted by Gasteiger charge is -2.72. The second kappa shape index (κ2) is 6.97. The van der Waals surface area contributed by atoms with Crippen molar-refractivity contribution in [2.75, 3.05) is 0 Å². The van der Waals surface area contributed by atoms with Crippen LogP contribution >= 0.6 is 0 Å². The molecule has 5 saturated carbocycles. The summed E-state index contributed by atoms with van der Waals surface area (Å²) in [5, 5.41) is 10.5. The molecule has 6 unspecified atom stereocenters. The Morgan fingerprint density at radius 1 is 0.879 bits per heavy atom. The van der Waals surface area contributed by atoms with Gasteiger partial charge in [0, 0.05) is 11.8 Å². The van der Waals surface area contributed by atoms with Crippen LogP contribution in [-0.4, -0.2) is 16.9 Å². The van der Waals surface area contributed by atoms with Crippen molar-refractivity contribution >= 4 is 11.8 Å². The summed E-state index contributed by atoms with van der Waals surface area (Å²) in [6, 6.07) is 0. The average molecular weight is 455 g/mol. The minimum atomic E-state index is -0.547. The zero-order valence-electron chi connectivity index (χ0n) is 21.9. The molecule has 5 rings (SSSR count).